The van der Waals surface area contributed by atoms with Crippen molar-refractivity contribution < 1.29 is 9.47 Å². The van der Waals surface area contributed by atoms with E-state index in [0.29, 0.717) is 11.3 Å². The normalized spacial score (nSPS) is 47.3. The van der Waals surface area contributed by atoms with Gasteiger partial charge in [-0.15, -0.1) is 0 Å². The highest BCUT2D eigenvalue weighted by atomic mass is 16.7. The number of ether oxygens (including phenoxy) is 2. The first-order valence-electron chi connectivity index (χ1n) is 10.1. The lowest BCUT2D eigenvalue weighted by Gasteiger charge is -2.58. The van der Waals surface area contributed by atoms with Crippen molar-refractivity contribution in [3.8, 4) is 6.07 Å². The number of rotatable bonds is 0. The van der Waals surface area contributed by atoms with E-state index in [4.69, 9.17) is 9.47 Å². The fourth-order valence-electron chi connectivity index (χ4n) is 7.09. The summed E-state index contributed by atoms with van der Waals surface area (Å²) in [6.07, 6.45) is 12.7. The van der Waals surface area contributed by atoms with E-state index in [2.05, 4.69) is 32.1 Å². The maximum atomic E-state index is 9.56. The minimum atomic E-state index is -0.315. The Morgan fingerprint density at radius 2 is 1.80 bits per heavy atom. The van der Waals surface area contributed by atoms with E-state index in [1.165, 1.54) is 25.7 Å². The SMILES string of the molecule is C[C@]12CC[C@H]3[C@@H](CC=C4CC5(CC[C@]43C)OCCO5)[C@H]1CC=C2C#N. The van der Waals surface area contributed by atoms with Crippen LogP contribution < -0.4 is 0 Å². The second-order valence-corrected chi connectivity index (χ2v) is 9.47. The Balaban J connectivity index is 1.46. The van der Waals surface area contributed by atoms with Crippen LogP contribution in [-0.2, 0) is 9.47 Å². The minimum absolute atomic E-state index is 0.130. The van der Waals surface area contributed by atoms with Crippen molar-refractivity contribution in [2.75, 3.05) is 13.2 Å². The van der Waals surface area contributed by atoms with Gasteiger partial charge in [-0.25, -0.2) is 0 Å². The van der Waals surface area contributed by atoms with Gasteiger partial charge in [0.1, 0.15) is 0 Å². The summed E-state index contributed by atoms with van der Waals surface area (Å²) in [6, 6.07) is 2.51. The number of fused-ring (bicyclic) bond motifs is 5. The average molecular weight is 339 g/mol. The topological polar surface area (TPSA) is 42.2 Å². The third-order valence-corrected chi connectivity index (χ3v) is 8.63. The molecule has 0 unspecified atom stereocenters. The lowest BCUT2D eigenvalue weighted by Crippen LogP contribution is -2.52. The fraction of sp³-hybridized carbons (Fsp3) is 0.773. The van der Waals surface area contributed by atoms with E-state index < -0.39 is 0 Å². The van der Waals surface area contributed by atoms with E-state index in [1.54, 1.807) is 5.57 Å². The molecule has 0 N–H and O–H groups in total. The van der Waals surface area contributed by atoms with Crippen molar-refractivity contribution >= 4 is 0 Å². The lowest BCUT2D eigenvalue weighted by atomic mass is 9.47. The Morgan fingerprint density at radius 1 is 1.00 bits per heavy atom. The molecule has 3 heteroatoms. The highest BCUT2D eigenvalue weighted by molar-refractivity contribution is 5.37. The van der Waals surface area contributed by atoms with Crippen LogP contribution in [0.15, 0.2) is 23.3 Å². The number of nitrogens with zero attached hydrogens (tertiary/aromatic N) is 1. The summed E-state index contributed by atoms with van der Waals surface area (Å²) in [7, 11) is 0. The smallest absolute Gasteiger partial charge is 0.172 e. The van der Waals surface area contributed by atoms with Crippen molar-refractivity contribution in [3.05, 3.63) is 23.3 Å². The van der Waals surface area contributed by atoms with Crippen molar-refractivity contribution in [2.24, 2.45) is 28.6 Å². The Kier molecular flexibility index (Phi) is 3.35. The van der Waals surface area contributed by atoms with Gasteiger partial charge in [-0.1, -0.05) is 31.6 Å². The molecule has 1 heterocycles. The zero-order valence-corrected chi connectivity index (χ0v) is 15.5. The molecule has 5 atom stereocenters. The van der Waals surface area contributed by atoms with Gasteiger partial charge in [0.25, 0.3) is 0 Å². The maximum Gasteiger partial charge on any atom is 0.172 e. The Morgan fingerprint density at radius 3 is 2.56 bits per heavy atom. The van der Waals surface area contributed by atoms with Gasteiger partial charge in [0, 0.05) is 23.8 Å². The average Bonchev–Trinajstić information content (AvgIpc) is 3.19. The van der Waals surface area contributed by atoms with Gasteiger partial charge in [0.15, 0.2) is 5.79 Å². The molecule has 134 valence electrons. The fourth-order valence-corrected chi connectivity index (χ4v) is 7.09. The van der Waals surface area contributed by atoms with Gasteiger partial charge < -0.3 is 9.47 Å². The first kappa shape index (κ1) is 16.1. The van der Waals surface area contributed by atoms with E-state index in [0.717, 1.165) is 49.9 Å². The summed E-state index contributed by atoms with van der Waals surface area (Å²) in [4.78, 5) is 0. The molecule has 1 aliphatic heterocycles. The zero-order chi connectivity index (χ0) is 17.3. The molecular weight excluding hydrogens is 310 g/mol. The van der Waals surface area contributed by atoms with Gasteiger partial charge in [0.05, 0.1) is 19.3 Å². The highest BCUT2D eigenvalue weighted by Gasteiger charge is 2.58. The minimum Gasteiger partial charge on any atom is -0.347 e. The molecule has 1 saturated heterocycles. The third kappa shape index (κ3) is 2.04. The molecule has 4 aliphatic carbocycles. The van der Waals surface area contributed by atoms with Gasteiger partial charge in [-0.05, 0) is 55.3 Å². The molecule has 5 aliphatic rings. The van der Waals surface area contributed by atoms with Crippen LogP contribution in [0.25, 0.3) is 0 Å². The molecule has 1 spiro atoms. The quantitative estimate of drug-likeness (QED) is 0.598. The zero-order valence-electron chi connectivity index (χ0n) is 15.5. The van der Waals surface area contributed by atoms with E-state index in [1.807, 2.05) is 0 Å². The second-order valence-electron chi connectivity index (χ2n) is 9.47. The molecule has 0 radical (unpaired) electrons. The molecule has 2 saturated carbocycles. The molecule has 3 fully saturated rings. The predicted molar refractivity (Wildman–Crippen MR) is 95.4 cm³/mol. The predicted octanol–water partition coefficient (Wildman–Crippen LogP) is 4.75. The van der Waals surface area contributed by atoms with Crippen LogP contribution >= 0.6 is 0 Å². The highest BCUT2D eigenvalue weighted by Crippen LogP contribution is 2.65. The van der Waals surface area contributed by atoms with Gasteiger partial charge in [0.2, 0.25) is 0 Å². The molecule has 0 amide bonds. The molecular formula is C22H29NO2. The Labute approximate surface area is 151 Å². The van der Waals surface area contributed by atoms with E-state index in [-0.39, 0.29) is 11.2 Å². The summed E-state index contributed by atoms with van der Waals surface area (Å²) < 4.78 is 12.0. The van der Waals surface area contributed by atoms with Gasteiger partial charge >= 0.3 is 0 Å². The van der Waals surface area contributed by atoms with Crippen LogP contribution in [0.3, 0.4) is 0 Å². The van der Waals surface area contributed by atoms with Crippen LogP contribution in [0.5, 0.6) is 0 Å². The van der Waals surface area contributed by atoms with Crippen molar-refractivity contribution in [2.45, 2.75) is 64.6 Å². The van der Waals surface area contributed by atoms with Crippen LogP contribution in [0.1, 0.15) is 58.8 Å². The molecule has 0 bridgehead atoms. The molecule has 0 aromatic rings. The lowest BCUT2D eigenvalue weighted by molar-refractivity contribution is -0.184. The van der Waals surface area contributed by atoms with Crippen molar-refractivity contribution in [3.63, 3.8) is 0 Å². The molecule has 25 heavy (non-hydrogen) atoms. The Hall–Kier alpha value is -1.11. The first-order valence-corrected chi connectivity index (χ1v) is 10.1. The van der Waals surface area contributed by atoms with Crippen LogP contribution in [0.2, 0.25) is 0 Å². The summed E-state index contributed by atoms with van der Waals surface area (Å²) in [5.41, 5.74) is 3.09. The van der Waals surface area contributed by atoms with E-state index >= 15 is 0 Å². The molecule has 5 rings (SSSR count). The molecule has 3 nitrogen and oxygen atoms in total. The maximum absolute atomic E-state index is 9.56. The summed E-state index contributed by atoms with van der Waals surface area (Å²) in [6.45, 7) is 6.36. The van der Waals surface area contributed by atoms with Crippen molar-refractivity contribution in [1.29, 1.82) is 5.26 Å². The number of hydrogen-bond acceptors (Lipinski definition) is 3. The molecule has 0 aromatic heterocycles. The summed E-state index contributed by atoms with van der Waals surface area (Å²) >= 11 is 0. The van der Waals surface area contributed by atoms with Crippen LogP contribution in [-0.4, -0.2) is 19.0 Å². The monoisotopic (exact) mass is 339 g/mol. The Bertz CT molecular complexity index is 695. The van der Waals surface area contributed by atoms with Gasteiger partial charge in [-0.2, -0.15) is 5.26 Å². The van der Waals surface area contributed by atoms with Crippen molar-refractivity contribution in [1.82, 2.24) is 0 Å². The molecule has 0 aromatic carbocycles. The standard InChI is InChI=1S/C22H29NO2/c1-20-8-7-19-17(18(20)6-4-16(20)14-23)5-3-15-13-22(24-11-12-25-22)10-9-21(15,19)2/h3-4,17-19H,5-13H2,1-2H3/t17-,18+,19-,20+,21+/m0/s1. The second kappa shape index (κ2) is 5.21. The van der Waals surface area contributed by atoms with Crippen LogP contribution in [0, 0.1) is 39.9 Å². The van der Waals surface area contributed by atoms with Crippen LogP contribution in [0.4, 0.5) is 0 Å². The summed E-state index contributed by atoms with van der Waals surface area (Å²) in [5, 5.41) is 9.56. The summed E-state index contributed by atoms with van der Waals surface area (Å²) in [5.74, 6) is 1.83. The number of nitriles is 1. The largest absolute Gasteiger partial charge is 0.347 e. The van der Waals surface area contributed by atoms with Gasteiger partial charge in [-0.3, -0.25) is 0 Å². The number of hydrogen-bond donors (Lipinski definition) is 0. The first-order chi connectivity index (χ1) is 12.0. The van der Waals surface area contributed by atoms with E-state index in [9.17, 15) is 5.26 Å². The number of allylic oxidation sites excluding steroid dienone is 3. The third-order valence-electron chi connectivity index (χ3n) is 8.63.